The summed E-state index contributed by atoms with van der Waals surface area (Å²) in [6.45, 7) is 2.99. The van der Waals surface area contributed by atoms with Crippen LogP contribution in [0.15, 0.2) is 36.4 Å². The standard InChI is InChI=1S/C19H19ClFNO/c1-23-15-3-4-16-13(10-15)12-22-8-6-19(16,7-9-22)14-2-5-17(20)18(21)11-14/h2-5,10-11H,6-9,12H2,1H3. The molecule has 0 unspecified atom stereocenters. The third-order valence-electron chi connectivity index (χ3n) is 5.40. The Morgan fingerprint density at radius 2 is 1.91 bits per heavy atom. The van der Waals surface area contributed by atoms with Gasteiger partial charge in [-0.05, 0) is 66.9 Å². The minimum absolute atomic E-state index is 0.125. The summed E-state index contributed by atoms with van der Waals surface area (Å²) in [5, 5.41) is 0.186. The van der Waals surface area contributed by atoms with E-state index in [1.807, 2.05) is 12.1 Å². The predicted octanol–water partition coefficient (Wildman–Crippen LogP) is 4.38. The number of methoxy groups -OCH3 is 1. The number of hydrogen-bond donors (Lipinski definition) is 0. The molecule has 120 valence electrons. The maximum Gasteiger partial charge on any atom is 0.142 e. The van der Waals surface area contributed by atoms with Gasteiger partial charge in [0.15, 0.2) is 0 Å². The zero-order valence-electron chi connectivity index (χ0n) is 13.1. The quantitative estimate of drug-likeness (QED) is 0.809. The third-order valence-corrected chi connectivity index (χ3v) is 5.71. The first-order chi connectivity index (χ1) is 11.1. The van der Waals surface area contributed by atoms with Gasteiger partial charge in [0.25, 0.3) is 0 Å². The van der Waals surface area contributed by atoms with Crippen LogP contribution in [0.5, 0.6) is 5.75 Å². The minimum Gasteiger partial charge on any atom is -0.497 e. The van der Waals surface area contributed by atoms with E-state index < -0.39 is 0 Å². The number of benzene rings is 2. The molecule has 0 aliphatic carbocycles. The van der Waals surface area contributed by atoms with Gasteiger partial charge in [-0.3, -0.25) is 4.90 Å². The van der Waals surface area contributed by atoms with Crippen molar-refractivity contribution >= 4 is 11.6 Å². The van der Waals surface area contributed by atoms with Gasteiger partial charge in [-0.1, -0.05) is 23.7 Å². The maximum absolute atomic E-state index is 14.1. The molecule has 4 heteroatoms. The molecule has 3 aliphatic rings. The van der Waals surface area contributed by atoms with Crippen molar-refractivity contribution in [2.24, 2.45) is 0 Å². The van der Waals surface area contributed by atoms with E-state index in [0.717, 1.165) is 43.8 Å². The Morgan fingerprint density at radius 3 is 2.61 bits per heavy atom. The molecule has 3 aliphatic heterocycles. The number of fused-ring (bicyclic) bond motifs is 2. The van der Waals surface area contributed by atoms with Crippen LogP contribution in [0.1, 0.15) is 29.5 Å². The maximum atomic E-state index is 14.1. The molecule has 0 aromatic heterocycles. The molecule has 2 aromatic carbocycles. The second-order valence-electron chi connectivity index (χ2n) is 6.51. The van der Waals surface area contributed by atoms with Gasteiger partial charge in [-0.25, -0.2) is 4.39 Å². The van der Waals surface area contributed by atoms with E-state index in [-0.39, 0.29) is 16.3 Å². The van der Waals surface area contributed by atoms with Gasteiger partial charge in [-0.2, -0.15) is 0 Å². The molecule has 0 radical (unpaired) electrons. The first-order valence-electron chi connectivity index (χ1n) is 7.98. The number of rotatable bonds is 2. The molecule has 1 fully saturated rings. The molecule has 23 heavy (non-hydrogen) atoms. The molecule has 2 nitrogen and oxygen atoms in total. The van der Waals surface area contributed by atoms with Crippen LogP contribution in [-0.4, -0.2) is 25.1 Å². The minimum atomic E-state index is -0.333. The van der Waals surface area contributed by atoms with E-state index in [1.54, 1.807) is 19.2 Å². The van der Waals surface area contributed by atoms with Gasteiger partial charge < -0.3 is 4.74 Å². The molecular formula is C19H19ClFNO. The third kappa shape index (κ3) is 2.34. The lowest BCUT2D eigenvalue weighted by atomic mass is 9.68. The van der Waals surface area contributed by atoms with E-state index in [0.29, 0.717) is 0 Å². The molecule has 2 aromatic rings. The molecule has 0 atom stereocenters. The van der Waals surface area contributed by atoms with E-state index in [9.17, 15) is 4.39 Å². The highest BCUT2D eigenvalue weighted by molar-refractivity contribution is 6.30. The van der Waals surface area contributed by atoms with Gasteiger partial charge in [0.2, 0.25) is 0 Å². The second kappa shape index (κ2) is 5.50. The lowest BCUT2D eigenvalue weighted by molar-refractivity contribution is 0.190. The first-order valence-corrected chi connectivity index (χ1v) is 8.35. The van der Waals surface area contributed by atoms with E-state index in [2.05, 4.69) is 17.0 Å². The highest BCUT2D eigenvalue weighted by Crippen LogP contribution is 2.47. The summed E-state index contributed by atoms with van der Waals surface area (Å²) in [5.41, 5.74) is 3.50. The molecule has 2 bridgehead atoms. The Kier molecular flexibility index (Phi) is 3.58. The highest BCUT2D eigenvalue weighted by atomic mass is 35.5. The molecule has 1 saturated heterocycles. The summed E-state index contributed by atoms with van der Waals surface area (Å²) >= 11 is 5.89. The van der Waals surface area contributed by atoms with Crippen molar-refractivity contribution in [3.8, 4) is 5.75 Å². The zero-order valence-corrected chi connectivity index (χ0v) is 13.9. The fourth-order valence-electron chi connectivity index (χ4n) is 4.14. The number of ether oxygens (including phenoxy) is 1. The lowest BCUT2D eigenvalue weighted by Crippen LogP contribution is -2.39. The molecule has 5 rings (SSSR count). The normalized spacial score (nSPS) is 25.8. The van der Waals surface area contributed by atoms with E-state index in [1.165, 1.54) is 11.1 Å². The fraction of sp³-hybridized carbons (Fsp3) is 0.368. The van der Waals surface area contributed by atoms with Crippen LogP contribution >= 0.6 is 11.6 Å². The molecule has 3 heterocycles. The van der Waals surface area contributed by atoms with Crippen molar-refractivity contribution in [2.45, 2.75) is 24.8 Å². The van der Waals surface area contributed by atoms with Crippen molar-refractivity contribution in [1.82, 2.24) is 4.90 Å². The number of halogens is 2. The van der Waals surface area contributed by atoms with Crippen molar-refractivity contribution in [1.29, 1.82) is 0 Å². The predicted molar refractivity (Wildman–Crippen MR) is 89.7 cm³/mol. The molecular weight excluding hydrogens is 313 g/mol. The number of piperidine rings is 1. The van der Waals surface area contributed by atoms with Crippen molar-refractivity contribution in [2.75, 3.05) is 20.2 Å². The monoisotopic (exact) mass is 331 g/mol. The van der Waals surface area contributed by atoms with Gasteiger partial charge in [0, 0.05) is 12.0 Å². The van der Waals surface area contributed by atoms with Gasteiger partial charge in [0.05, 0.1) is 12.1 Å². The van der Waals surface area contributed by atoms with Crippen LogP contribution in [0.3, 0.4) is 0 Å². The molecule has 0 N–H and O–H groups in total. The van der Waals surface area contributed by atoms with Crippen LogP contribution in [0.2, 0.25) is 5.02 Å². The van der Waals surface area contributed by atoms with E-state index >= 15 is 0 Å². The summed E-state index contributed by atoms with van der Waals surface area (Å²) < 4.78 is 19.5. The fourth-order valence-corrected chi connectivity index (χ4v) is 4.25. The summed E-state index contributed by atoms with van der Waals surface area (Å²) in [5.74, 6) is 0.545. The lowest BCUT2D eigenvalue weighted by Gasteiger charge is -2.39. The molecule has 0 amide bonds. The van der Waals surface area contributed by atoms with Crippen LogP contribution in [-0.2, 0) is 12.0 Å². The second-order valence-corrected chi connectivity index (χ2v) is 6.92. The average Bonchev–Trinajstić information content (AvgIpc) is 2.83. The Labute approximate surface area is 140 Å². The van der Waals surface area contributed by atoms with Crippen molar-refractivity contribution < 1.29 is 9.13 Å². The topological polar surface area (TPSA) is 12.5 Å². The van der Waals surface area contributed by atoms with Crippen LogP contribution < -0.4 is 4.74 Å². The van der Waals surface area contributed by atoms with Gasteiger partial charge in [-0.15, -0.1) is 0 Å². The van der Waals surface area contributed by atoms with Gasteiger partial charge in [0.1, 0.15) is 11.6 Å². The largest absolute Gasteiger partial charge is 0.497 e. The Morgan fingerprint density at radius 1 is 1.13 bits per heavy atom. The van der Waals surface area contributed by atoms with Crippen LogP contribution in [0, 0.1) is 5.82 Å². The first kappa shape index (κ1) is 15.0. The number of hydrogen-bond acceptors (Lipinski definition) is 2. The Bertz CT molecular complexity index is 753. The van der Waals surface area contributed by atoms with Crippen molar-refractivity contribution in [3.63, 3.8) is 0 Å². The highest BCUT2D eigenvalue weighted by Gasteiger charge is 2.42. The van der Waals surface area contributed by atoms with Crippen molar-refractivity contribution in [3.05, 3.63) is 63.9 Å². The average molecular weight is 332 g/mol. The van der Waals surface area contributed by atoms with Crippen LogP contribution in [0.25, 0.3) is 0 Å². The SMILES string of the molecule is COc1ccc2c(c1)CN1CCC2(c2ccc(Cl)c(F)c2)CC1. The summed E-state index contributed by atoms with van der Waals surface area (Å²) in [4.78, 5) is 2.47. The van der Waals surface area contributed by atoms with Gasteiger partial charge >= 0.3 is 0 Å². The number of nitrogens with zero attached hydrogens (tertiary/aromatic N) is 1. The summed E-state index contributed by atoms with van der Waals surface area (Å²) in [6.07, 6.45) is 2.01. The van der Waals surface area contributed by atoms with E-state index in [4.69, 9.17) is 16.3 Å². The zero-order chi connectivity index (χ0) is 16.0. The Hall–Kier alpha value is -1.58. The summed E-state index contributed by atoms with van der Waals surface area (Å²) in [6, 6.07) is 11.6. The molecule has 0 spiro atoms. The van der Waals surface area contributed by atoms with Crippen LogP contribution in [0.4, 0.5) is 4.39 Å². The smallest absolute Gasteiger partial charge is 0.142 e. The summed E-state index contributed by atoms with van der Waals surface area (Å²) in [7, 11) is 1.69. The molecule has 0 saturated carbocycles. The Balaban J connectivity index is 1.91.